The molecular weight excluding hydrogens is 232 g/mol. The van der Waals surface area contributed by atoms with Gasteiger partial charge in [-0.15, -0.1) is 0 Å². The Hall–Kier alpha value is -1.40. The molecule has 2 heterocycles. The zero-order valence-electron chi connectivity index (χ0n) is 10.8. The third-order valence-electron chi connectivity index (χ3n) is 3.32. The molecule has 1 aliphatic rings. The van der Waals surface area contributed by atoms with Crippen LogP contribution in [-0.2, 0) is 11.2 Å². The van der Waals surface area contributed by atoms with Gasteiger partial charge in [0.25, 0.3) is 0 Å². The van der Waals surface area contributed by atoms with Crippen molar-refractivity contribution in [2.75, 3.05) is 26.7 Å². The first-order chi connectivity index (χ1) is 8.60. The highest BCUT2D eigenvalue weighted by atomic mass is 16.3. The largest absolute Gasteiger partial charge is 0.391 e. The standard InChI is InChI=1S/C12H20N4O2/c1-8-3-10(15-14-8)4-9-6-16(7-11(9)17)12(18)5-13-2/h3,9,11,13,17H,4-7H2,1-2H3,(H,14,15)/t9-,11-/m1/s1. The number of likely N-dealkylation sites (tertiary alicyclic amines) is 1. The molecule has 1 fully saturated rings. The Morgan fingerprint density at radius 2 is 2.44 bits per heavy atom. The predicted octanol–water partition coefficient (Wildman–Crippen LogP) is -0.701. The van der Waals surface area contributed by atoms with Crippen molar-refractivity contribution >= 4 is 5.91 Å². The molecule has 1 aromatic heterocycles. The van der Waals surface area contributed by atoms with Gasteiger partial charge in [0.1, 0.15) is 0 Å². The first-order valence-electron chi connectivity index (χ1n) is 6.21. The second-order valence-corrected chi connectivity index (χ2v) is 4.90. The van der Waals surface area contributed by atoms with Crippen molar-refractivity contribution in [3.63, 3.8) is 0 Å². The van der Waals surface area contributed by atoms with E-state index in [0.29, 0.717) is 26.1 Å². The number of aromatic nitrogens is 2. The molecule has 1 aromatic rings. The topological polar surface area (TPSA) is 81.2 Å². The maximum atomic E-state index is 11.7. The number of aliphatic hydroxyl groups excluding tert-OH is 1. The van der Waals surface area contributed by atoms with Crippen LogP contribution in [0.5, 0.6) is 0 Å². The maximum Gasteiger partial charge on any atom is 0.236 e. The molecule has 0 unspecified atom stereocenters. The summed E-state index contributed by atoms with van der Waals surface area (Å²) in [6.45, 7) is 3.30. The summed E-state index contributed by atoms with van der Waals surface area (Å²) in [6, 6.07) is 1.98. The Kier molecular flexibility index (Phi) is 3.98. The molecule has 100 valence electrons. The second kappa shape index (κ2) is 5.49. The zero-order chi connectivity index (χ0) is 13.1. The van der Waals surface area contributed by atoms with Crippen LogP contribution in [0, 0.1) is 12.8 Å². The van der Waals surface area contributed by atoms with Crippen LogP contribution in [0.3, 0.4) is 0 Å². The first kappa shape index (κ1) is 13.0. The van der Waals surface area contributed by atoms with Crippen LogP contribution < -0.4 is 5.32 Å². The van der Waals surface area contributed by atoms with E-state index in [1.165, 1.54) is 0 Å². The van der Waals surface area contributed by atoms with Crippen molar-refractivity contribution in [3.8, 4) is 0 Å². The summed E-state index contributed by atoms with van der Waals surface area (Å²) < 4.78 is 0. The first-order valence-corrected chi connectivity index (χ1v) is 6.21. The van der Waals surface area contributed by atoms with E-state index in [9.17, 15) is 9.90 Å². The predicted molar refractivity (Wildman–Crippen MR) is 67.0 cm³/mol. The van der Waals surface area contributed by atoms with E-state index in [1.54, 1.807) is 11.9 Å². The van der Waals surface area contributed by atoms with E-state index in [-0.39, 0.29) is 11.8 Å². The summed E-state index contributed by atoms with van der Waals surface area (Å²) in [7, 11) is 1.74. The molecule has 18 heavy (non-hydrogen) atoms. The van der Waals surface area contributed by atoms with Gasteiger partial charge in [-0.05, 0) is 26.5 Å². The van der Waals surface area contributed by atoms with Crippen LogP contribution in [0.1, 0.15) is 11.4 Å². The van der Waals surface area contributed by atoms with Crippen LogP contribution in [0.4, 0.5) is 0 Å². The number of likely N-dealkylation sites (N-methyl/N-ethyl adjacent to an activating group) is 1. The van der Waals surface area contributed by atoms with Gasteiger partial charge in [-0.2, -0.15) is 5.10 Å². The van der Waals surface area contributed by atoms with Crippen LogP contribution in [0.15, 0.2) is 6.07 Å². The van der Waals surface area contributed by atoms with E-state index >= 15 is 0 Å². The molecule has 2 atom stereocenters. The summed E-state index contributed by atoms with van der Waals surface area (Å²) in [4.78, 5) is 13.4. The van der Waals surface area contributed by atoms with Crippen molar-refractivity contribution in [3.05, 3.63) is 17.5 Å². The number of amides is 1. The second-order valence-electron chi connectivity index (χ2n) is 4.90. The highest BCUT2D eigenvalue weighted by Crippen LogP contribution is 2.21. The van der Waals surface area contributed by atoms with E-state index in [0.717, 1.165) is 11.4 Å². The highest BCUT2D eigenvalue weighted by molar-refractivity contribution is 5.78. The smallest absolute Gasteiger partial charge is 0.236 e. The molecule has 6 heteroatoms. The summed E-state index contributed by atoms with van der Waals surface area (Å²) in [6.07, 6.45) is 0.247. The molecule has 0 aliphatic carbocycles. The lowest BCUT2D eigenvalue weighted by Gasteiger charge is -2.15. The van der Waals surface area contributed by atoms with Crippen molar-refractivity contribution in [1.82, 2.24) is 20.4 Å². The molecular formula is C12H20N4O2. The molecule has 3 N–H and O–H groups in total. The molecule has 0 radical (unpaired) electrons. The highest BCUT2D eigenvalue weighted by Gasteiger charge is 2.33. The van der Waals surface area contributed by atoms with Gasteiger partial charge in [0, 0.05) is 24.7 Å². The number of aryl methyl sites for hydroxylation is 1. The summed E-state index contributed by atoms with van der Waals surface area (Å²) in [5.74, 6) is 0.116. The van der Waals surface area contributed by atoms with E-state index in [4.69, 9.17) is 0 Å². The molecule has 1 aliphatic heterocycles. The quantitative estimate of drug-likeness (QED) is 0.662. The van der Waals surface area contributed by atoms with Crippen LogP contribution >= 0.6 is 0 Å². The summed E-state index contributed by atoms with van der Waals surface area (Å²) in [5, 5.41) is 19.9. The van der Waals surface area contributed by atoms with E-state index < -0.39 is 6.10 Å². The Bertz CT molecular complexity index is 418. The number of nitrogens with zero attached hydrogens (tertiary/aromatic N) is 2. The number of nitrogens with one attached hydrogen (secondary N) is 2. The molecule has 0 saturated carbocycles. The van der Waals surface area contributed by atoms with E-state index in [2.05, 4.69) is 15.5 Å². The Balaban J connectivity index is 1.93. The van der Waals surface area contributed by atoms with Crippen LogP contribution in [0.2, 0.25) is 0 Å². The fraction of sp³-hybridized carbons (Fsp3) is 0.667. The summed E-state index contributed by atoms with van der Waals surface area (Å²) >= 11 is 0. The lowest BCUT2D eigenvalue weighted by atomic mass is 10.0. The average Bonchev–Trinajstić information content (AvgIpc) is 2.87. The van der Waals surface area contributed by atoms with Crippen molar-refractivity contribution in [2.24, 2.45) is 5.92 Å². The number of H-pyrrole nitrogens is 1. The minimum absolute atomic E-state index is 0.0391. The van der Waals surface area contributed by atoms with Gasteiger partial charge < -0.3 is 15.3 Å². The number of hydrogen-bond donors (Lipinski definition) is 3. The van der Waals surface area contributed by atoms with Crippen LogP contribution in [-0.4, -0.2) is 58.9 Å². The minimum atomic E-state index is -0.456. The molecule has 0 spiro atoms. The number of aromatic amines is 1. The normalized spacial score (nSPS) is 23.6. The van der Waals surface area contributed by atoms with Gasteiger partial charge in [0.15, 0.2) is 0 Å². The number of rotatable bonds is 4. The Labute approximate surface area is 106 Å². The fourth-order valence-electron chi connectivity index (χ4n) is 2.37. The molecule has 1 saturated heterocycles. The SMILES string of the molecule is CNCC(=O)N1C[C@@H](Cc2cc(C)[nH]n2)[C@H](O)C1. The van der Waals surface area contributed by atoms with E-state index in [1.807, 2.05) is 13.0 Å². The number of carbonyl (C=O) groups is 1. The van der Waals surface area contributed by atoms with Gasteiger partial charge >= 0.3 is 0 Å². The van der Waals surface area contributed by atoms with Gasteiger partial charge in [0.2, 0.25) is 5.91 Å². The fourth-order valence-corrected chi connectivity index (χ4v) is 2.37. The molecule has 6 nitrogen and oxygen atoms in total. The van der Waals surface area contributed by atoms with Gasteiger partial charge in [-0.25, -0.2) is 0 Å². The van der Waals surface area contributed by atoms with Gasteiger partial charge in [-0.3, -0.25) is 9.89 Å². The van der Waals surface area contributed by atoms with Gasteiger partial charge in [0.05, 0.1) is 18.3 Å². The minimum Gasteiger partial charge on any atom is -0.391 e. The number of carbonyl (C=O) groups excluding carboxylic acids is 1. The Morgan fingerprint density at radius 1 is 1.67 bits per heavy atom. The van der Waals surface area contributed by atoms with Crippen LogP contribution in [0.25, 0.3) is 0 Å². The maximum absolute atomic E-state index is 11.7. The van der Waals surface area contributed by atoms with Crippen molar-refractivity contribution < 1.29 is 9.90 Å². The molecule has 2 rings (SSSR count). The summed E-state index contributed by atoms with van der Waals surface area (Å²) in [5.41, 5.74) is 1.96. The molecule has 1 amide bonds. The lowest BCUT2D eigenvalue weighted by molar-refractivity contribution is -0.129. The molecule has 0 bridgehead atoms. The van der Waals surface area contributed by atoms with Gasteiger partial charge in [-0.1, -0.05) is 0 Å². The van der Waals surface area contributed by atoms with Crippen molar-refractivity contribution in [2.45, 2.75) is 19.4 Å². The lowest BCUT2D eigenvalue weighted by Crippen LogP contribution is -2.36. The number of hydrogen-bond acceptors (Lipinski definition) is 4. The number of aliphatic hydroxyl groups is 1. The molecule has 0 aromatic carbocycles. The number of β-amino-alcohol motifs (C(OH)–C–C–N with tert-alkyl or cyclic N) is 1. The monoisotopic (exact) mass is 252 g/mol. The third-order valence-corrected chi connectivity index (χ3v) is 3.32. The average molecular weight is 252 g/mol. The third kappa shape index (κ3) is 2.88. The Morgan fingerprint density at radius 3 is 3.06 bits per heavy atom. The zero-order valence-corrected chi connectivity index (χ0v) is 10.8. The van der Waals surface area contributed by atoms with Crippen molar-refractivity contribution in [1.29, 1.82) is 0 Å².